The molecule has 0 bridgehead atoms. The number of sulfonamides is 1. The second kappa shape index (κ2) is 8.66. The molecule has 0 atom stereocenters. The molecule has 166 valence electrons. The summed E-state index contributed by atoms with van der Waals surface area (Å²) in [6.07, 6.45) is 5.25. The third-order valence-electron chi connectivity index (χ3n) is 5.57. The van der Waals surface area contributed by atoms with Crippen molar-refractivity contribution in [2.45, 2.75) is 56.5 Å². The van der Waals surface area contributed by atoms with Crippen LogP contribution in [0.2, 0.25) is 0 Å². The minimum absolute atomic E-state index is 0.0624. The van der Waals surface area contributed by atoms with Crippen LogP contribution in [0, 0.1) is 0 Å². The molecule has 1 aromatic heterocycles. The van der Waals surface area contributed by atoms with Gasteiger partial charge in [-0.15, -0.1) is 4.40 Å². The number of carbonyl (C=O) groups is 1. The fourth-order valence-corrected chi connectivity index (χ4v) is 4.97. The number of nitrogens with zero attached hydrogens (tertiary/aromatic N) is 5. The average molecular weight is 447 g/mol. The average Bonchev–Trinajstić information content (AvgIpc) is 3.15. The molecule has 2 aliphatic heterocycles. The van der Waals surface area contributed by atoms with Gasteiger partial charge >= 0.3 is 5.69 Å². The summed E-state index contributed by atoms with van der Waals surface area (Å²) in [4.78, 5) is 26.8. The van der Waals surface area contributed by atoms with Crippen molar-refractivity contribution in [1.82, 2.24) is 19.2 Å². The molecule has 1 fully saturated rings. The van der Waals surface area contributed by atoms with Crippen LogP contribution in [-0.2, 0) is 34.3 Å². The van der Waals surface area contributed by atoms with Crippen molar-refractivity contribution in [3.05, 3.63) is 40.6 Å². The molecule has 2 aliphatic rings. The zero-order valence-corrected chi connectivity index (χ0v) is 18.3. The highest BCUT2D eigenvalue weighted by Crippen LogP contribution is 2.19. The van der Waals surface area contributed by atoms with Crippen molar-refractivity contribution in [1.29, 1.82) is 0 Å². The quantitative estimate of drug-likeness (QED) is 0.738. The van der Waals surface area contributed by atoms with E-state index in [0.717, 1.165) is 44.5 Å². The van der Waals surface area contributed by atoms with Gasteiger partial charge in [0, 0.05) is 38.7 Å². The Bertz CT molecular complexity index is 1160. The van der Waals surface area contributed by atoms with E-state index in [1.807, 2.05) is 11.9 Å². The molecule has 1 aromatic carbocycles. The van der Waals surface area contributed by atoms with E-state index in [1.165, 1.54) is 28.9 Å². The molecule has 31 heavy (non-hydrogen) atoms. The molecule has 0 unspecified atom stereocenters. The molecule has 1 amide bonds. The Kier molecular flexibility index (Phi) is 5.94. The number of likely N-dealkylation sites (tertiary alicyclic amines) is 1. The number of aromatic nitrogens is 3. The lowest BCUT2D eigenvalue weighted by Gasteiger charge is -2.11. The Morgan fingerprint density at radius 3 is 2.58 bits per heavy atom. The number of carbonyl (C=O) groups excluding carboxylic acids is 1. The zero-order valence-electron chi connectivity index (χ0n) is 17.5. The summed E-state index contributed by atoms with van der Waals surface area (Å²) in [6.45, 7) is 1.23. The molecule has 0 aliphatic carbocycles. The molecule has 4 rings (SSSR count). The van der Waals surface area contributed by atoms with Crippen molar-refractivity contribution >= 4 is 27.5 Å². The third-order valence-corrected chi connectivity index (χ3v) is 6.89. The number of amides is 1. The van der Waals surface area contributed by atoms with Crippen LogP contribution in [0.4, 0.5) is 5.69 Å². The minimum Gasteiger partial charge on any atom is -0.362 e. The highest BCUT2D eigenvalue weighted by Gasteiger charge is 2.21. The van der Waals surface area contributed by atoms with Crippen LogP contribution in [0.25, 0.3) is 0 Å². The van der Waals surface area contributed by atoms with Crippen LogP contribution in [0.15, 0.2) is 38.4 Å². The van der Waals surface area contributed by atoms with Crippen molar-refractivity contribution in [2.75, 3.05) is 18.9 Å². The lowest BCUT2D eigenvalue weighted by atomic mass is 10.2. The fourth-order valence-electron chi connectivity index (χ4n) is 3.88. The maximum Gasteiger partial charge on any atom is 0.346 e. The summed E-state index contributed by atoms with van der Waals surface area (Å²) in [5, 5.41) is 6.98. The van der Waals surface area contributed by atoms with Crippen molar-refractivity contribution in [2.24, 2.45) is 4.40 Å². The van der Waals surface area contributed by atoms with Gasteiger partial charge in [0.15, 0.2) is 0 Å². The van der Waals surface area contributed by atoms with Gasteiger partial charge in [-0.1, -0.05) is 6.42 Å². The number of hydrogen-bond acceptors (Lipinski definition) is 5. The molecular formula is C20H26N6O4S. The standard InChI is InChI=1S/C20H26N6O4S/c1-24-12-5-7-18(24)23-31(29,30)16-10-8-15(9-11-16)21-19(27)14-26-20(28)25-13-4-2-3-6-17(25)22-26/h8-11H,2-7,12-14H2,1H3,(H,21,27)/b23-18+. The Hall–Kier alpha value is -2.95. The van der Waals surface area contributed by atoms with Crippen molar-refractivity contribution in [3.8, 4) is 0 Å². The number of benzene rings is 1. The largest absolute Gasteiger partial charge is 0.362 e. The molecule has 11 heteroatoms. The summed E-state index contributed by atoms with van der Waals surface area (Å²) in [6, 6.07) is 5.84. The second-order valence-corrected chi connectivity index (χ2v) is 9.50. The molecule has 1 N–H and O–H groups in total. The minimum atomic E-state index is -3.81. The SMILES string of the molecule is CN1CCC/C1=N\S(=O)(=O)c1ccc(NC(=O)Cn2nc3n(c2=O)CCCCC3)cc1. The monoisotopic (exact) mass is 446 g/mol. The van der Waals surface area contributed by atoms with E-state index in [1.54, 1.807) is 4.57 Å². The van der Waals surface area contributed by atoms with Gasteiger partial charge in [-0.05, 0) is 43.5 Å². The van der Waals surface area contributed by atoms with Crippen LogP contribution < -0.4 is 11.0 Å². The second-order valence-electron chi connectivity index (χ2n) is 7.90. The van der Waals surface area contributed by atoms with Gasteiger partial charge in [-0.2, -0.15) is 13.5 Å². The molecule has 0 spiro atoms. The maximum absolute atomic E-state index is 12.5. The summed E-state index contributed by atoms with van der Waals surface area (Å²) in [5.41, 5.74) is 0.160. The molecule has 0 radical (unpaired) electrons. The highest BCUT2D eigenvalue weighted by atomic mass is 32.2. The Morgan fingerprint density at radius 1 is 1.10 bits per heavy atom. The number of rotatable bonds is 5. The number of fused-ring (bicyclic) bond motifs is 1. The van der Waals surface area contributed by atoms with E-state index < -0.39 is 15.9 Å². The molecule has 3 heterocycles. The normalized spacial score (nSPS) is 18.1. The zero-order chi connectivity index (χ0) is 22.0. The van der Waals surface area contributed by atoms with Crippen molar-refractivity contribution in [3.63, 3.8) is 0 Å². The highest BCUT2D eigenvalue weighted by molar-refractivity contribution is 7.90. The molecule has 0 saturated carbocycles. The van der Waals surface area contributed by atoms with Gasteiger partial charge in [0.05, 0.1) is 4.90 Å². The topological polar surface area (TPSA) is 119 Å². The first-order valence-electron chi connectivity index (χ1n) is 10.4. The first kappa shape index (κ1) is 21.3. The number of aryl methyl sites for hydroxylation is 1. The van der Waals surface area contributed by atoms with E-state index in [-0.39, 0.29) is 17.1 Å². The Balaban J connectivity index is 1.42. The first-order chi connectivity index (χ1) is 14.8. The van der Waals surface area contributed by atoms with E-state index in [2.05, 4.69) is 14.8 Å². The number of hydrogen-bond donors (Lipinski definition) is 1. The van der Waals surface area contributed by atoms with Crippen LogP contribution in [0.5, 0.6) is 0 Å². The Morgan fingerprint density at radius 2 is 1.87 bits per heavy atom. The van der Waals surface area contributed by atoms with E-state index in [0.29, 0.717) is 24.5 Å². The number of amidine groups is 1. The Labute approximate surface area is 180 Å². The fraction of sp³-hybridized carbons (Fsp3) is 0.500. The summed E-state index contributed by atoms with van der Waals surface area (Å²) < 4.78 is 31.8. The van der Waals surface area contributed by atoms with E-state index >= 15 is 0 Å². The van der Waals surface area contributed by atoms with Gasteiger partial charge in [0.1, 0.15) is 18.2 Å². The number of nitrogens with one attached hydrogen (secondary N) is 1. The van der Waals surface area contributed by atoms with Gasteiger partial charge in [-0.3, -0.25) is 9.36 Å². The van der Waals surface area contributed by atoms with Gasteiger partial charge < -0.3 is 10.2 Å². The maximum atomic E-state index is 12.5. The number of anilines is 1. The molecular weight excluding hydrogens is 420 g/mol. The van der Waals surface area contributed by atoms with Gasteiger partial charge in [-0.25, -0.2) is 9.48 Å². The molecule has 10 nitrogen and oxygen atoms in total. The van der Waals surface area contributed by atoms with Crippen LogP contribution in [0.1, 0.15) is 37.9 Å². The summed E-state index contributed by atoms with van der Waals surface area (Å²) in [7, 11) is -1.98. The molecule has 1 saturated heterocycles. The van der Waals surface area contributed by atoms with Gasteiger partial charge in [0.2, 0.25) is 5.91 Å². The van der Waals surface area contributed by atoms with Crippen LogP contribution in [0.3, 0.4) is 0 Å². The predicted octanol–water partition coefficient (Wildman–Crippen LogP) is 1.22. The van der Waals surface area contributed by atoms with E-state index in [9.17, 15) is 18.0 Å². The third kappa shape index (κ3) is 4.71. The predicted molar refractivity (Wildman–Crippen MR) is 116 cm³/mol. The van der Waals surface area contributed by atoms with Gasteiger partial charge in [0.25, 0.3) is 10.0 Å². The van der Waals surface area contributed by atoms with Crippen LogP contribution >= 0.6 is 0 Å². The summed E-state index contributed by atoms with van der Waals surface area (Å²) >= 11 is 0. The van der Waals surface area contributed by atoms with Crippen LogP contribution in [-0.4, -0.2) is 53.0 Å². The van der Waals surface area contributed by atoms with Crippen molar-refractivity contribution < 1.29 is 13.2 Å². The lowest BCUT2D eigenvalue weighted by molar-refractivity contribution is -0.117. The first-order valence-corrected chi connectivity index (χ1v) is 11.9. The van der Waals surface area contributed by atoms with E-state index in [4.69, 9.17) is 0 Å². The smallest absolute Gasteiger partial charge is 0.346 e. The lowest BCUT2D eigenvalue weighted by Crippen LogP contribution is -2.30. The summed E-state index contributed by atoms with van der Waals surface area (Å²) in [5.74, 6) is 0.875. The molecule has 2 aromatic rings.